The number of nitrogens with zero attached hydrogens (tertiary/aromatic N) is 1. The minimum Gasteiger partial charge on any atom is -0.397 e. The van der Waals surface area contributed by atoms with E-state index in [2.05, 4.69) is 0 Å². The maximum absolute atomic E-state index is 12.9. The van der Waals surface area contributed by atoms with E-state index in [9.17, 15) is 4.39 Å². The Balaban J connectivity index is 2.41. The molecular weight excluding hydrogens is 251 g/mol. The molecule has 0 atom stereocenters. The molecule has 0 bridgehead atoms. The summed E-state index contributed by atoms with van der Waals surface area (Å²) in [6, 6.07) is 11.7. The van der Waals surface area contributed by atoms with Crippen molar-refractivity contribution in [1.29, 1.82) is 0 Å². The van der Waals surface area contributed by atoms with Crippen LogP contribution in [0.15, 0.2) is 42.5 Å². The van der Waals surface area contributed by atoms with Crippen molar-refractivity contribution < 1.29 is 4.39 Å². The SMILES string of the molecule is CCN(c1ccc(F)cc1)c1ccc(Cl)cc1N. The van der Waals surface area contributed by atoms with Crippen molar-refractivity contribution in [1.82, 2.24) is 0 Å². The van der Waals surface area contributed by atoms with Crippen molar-refractivity contribution in [2.24, 2.45) is 0 Å². The normalized spacial score (nSPS) is 10.4. The molecular formula is C14H14ClFN2. The molecule has 2 rings (SSSR count). The zero-order chi connectivity index (χ0) is 13.1. The molecule has 18 heavy (non-hydrogen) atoms. The zero-order valence-corrected chi connectivity index (χ0v) is 10.8. The van der Waals surface area contributed by atoms with E-state index in [1.54, 1.807) is 24.3 Å². The highest BCUT2D eigenvalue weighted by Gasteiger charge is 2.10. The number of nitrogens with two attached hydrogens (primary N) is 1. The lowest BCUT2D eigenvalue weighted by Gasteiger charge is -2.24. The number of benzene rings is 2. The number of hydrogen-bond donors (Lipinski definition) is 1. The van der Waals surface area contributed by atoms with Gasteiger partial charge in [-0.25, -0.2) is 4.39 Å². The van der Waals surface area contributed by atoms with Crippen molar-refractivity contribution in [3.63, 3.8) is 0 Å². The molecule has 0 amide bonds. The first-order chi connectivity index (χ1) is 8.61. The van der Waals surface area contributed by atoms with Gasteiger partial charge in [-0.3, -0.25) is 0 Å². The lowest BCUT2D eigenvalue weighted by Crippen LogP contribution is -2.17. The van der Waals surface area contributed by atoms with Crippen molar-refractivity contribution in [3.8, 4) is 0 Å². The summed E-state index contributed by atoms with van der Waals surface area (Å²) in [6.45, 7) is 2.74. The Hall–Kier alpha value is -1.74. The fourth-order valence-corrected chi connectivity index (χ4v) is 2.06. The minimum atomic E-state index is -0.251. The van der Waals surface area contributed by atoms with Gasteiger partial charge in [0.2, 0.25) is 0 Å². The van der Waals surface area contributed by atoms with E-state index in [1.807, 2.05) is 17.9 Å². The van der Waals surface area contributed by atoms with Crippen LogP contribution in [-0.4, -0.2) is 6.54 Å². The van der Waals surface area contributed by atoms with Gasteiger partial charge >= 0.3 is 0 Å². The molecule has 0 aromatic heterocycles. The average Bonchev–Trinajstić information content (AvgIpc) is 2.35. The largest absolute Gasteiger partial charge is 0.397 e. The monoisotopic (exact) mass is 264 g/mol. The zero-order valence-electron chi connectivity index (χ0n) is 10.0. The summed E-state index contributed by atoms with van der Waals surface area (Å²) in [4.78, 5) is 2.01. The Morgan fingerprint density at radius 1 is 1.17 bits per heavy atom. The van der Waals surface area contributed by atoms with Crippen LogP contribution in [0, 0.1) is 5.82 Å². The molecule has 0 saturated carbocycles. The van der Waals surface area contributed by atoms with Crippen molar-refractivity contribution in [2.45, 2.75) is 6.92 Å². The average molecular weight is 265 g/mol. The first-order valence-electron chi connectivity index (χ1n) is 5.70. The highest BCUT2D eigenvalue weighted by molar-refractivity contribution is 6.31. The van der Waals surface area contributed by atoms with Gasteiger partial charge in [-0.2, -0.15) is 0 Å². The Kier molecular flexibility index (Phi) is 3.72. The Bertz CT molecular complexity index is 540. The third kappa shape index (κ3) is 2.57. The second-order valence-corrected chi connectivity index (χ2v) is 4.36. The Morgan fingerprint density at radius 3 is 2.39 bits per heavy atom. The van der Waals surface area contributed by atoms with Gasteiger partial charge in [0.05, 0.1) is 11.4 Å². The van der Waals surface area contributed by atoms with Crippen molar-refractivity contribution in [2.75, 3.05) is 17.2 Å². The molecule has 0 heterocycles. The molecule has 0 spiro atoms. The van der Waals surface area contributed by atoms with E-state index < -0.39 is 0 Å². The standard InChI is InChI=1S/C14H14ClFN2/c1-2-18(12-6-4-11(16)5-7-12)14-8-3-10(15)9-13(14)17/h3-9H,2,17H2,1H3. The molecule has 2 N–H and O–H groups in total. The van der Waals surface area contributed by atoms with E-state index in [1.165, 1.54) is 12.1 Å². The summed E-state index contributed by atoms with van der Waals surface area (Å²) < 4.78 is 12.9. The van der Waals surface area contributed by atoms with Crippen LogP contribution in [-0.2, 0) is 0 Å². The van der Waals surface area contributed by atoms with Gasteiger partial charge in [-0.1, -0.05) is 11.6 Å². The van der Waals surface area contributed by atoms with Gasteiger partial charge in [0.25, 0.3) is 0 Å². The lowest BCUT2D eigenvalue weighted by molar-refractivity contribution is 0.628. The fraction of sp³-hybridized carbons (Fsp3) is 0.143. The predicted molar refractivity (Wildman–Crippen MR) is 74.9 cm³/mol. The van der Waals surface area contributed by atoms with Gasteiger partial charge in [0.15, 0.2) is 0 Å². The van der Waals surface area contributed by atoms with Gasteiger partial charge < -0.3 is 10.6 Å². The summed E-state index contributed by atoms with van der Waals surface area (Å²) in [5.41, 5.74) is 8.34. The highest BCUT2D eigenvalue weighted by Crippen LogP contribution is 2.32. The number of anilines is 3. The van der Waals surface area contributed by atoms with Crippen LogP contribution in [0.2, 0.25) is 5.02 Å². The van der Waals surface area contributed by atoms with Gasteiger partial charge in [-0.05, 0) is 49.4 Å². The van der Waals surface area contributed by atoms with E-state index in [-0.39, 0.29) is 5.82 Å². The van der Waals surface area contributed by atoms with E-state index in [0.29, 0.717) is 10.7 Å². The van der Waals surface area contributed by atoms with Crippen molar-refractivity contribution in [3.05, 3.63) is 53.3 Å². The van der Waals surface area contributed by atoms with Crippen LogP contribution in [0.5, 0.6) is 0 Å². The molecule has 2 aromatic carbocycles. The van der Waals surface area contributed by atoms with E-state index >= 15 is 0 Å². The number of rotatable bonds is 3. The molecule has 94 valence electrons. The molecule has 2 aromatic rings. The number of hydrogen-bond acceptors (Lipinski definition) is 2. The molecule has 2 nitrogen and oxygen atoms in total. The maximum Gasteiger partial charge on any atom is 0.123 e. The summed E-state index contributed by atoms with van der Waals surface area (Å²) in [5.74, 6) is -0.251. The molecule has 0 saturated heterocycles. The molecule has 0 fully saturated rings. The first-order valence-corrected chi connectivity index (χ1v) is 6.07. The molecule has 0 aliphatic carbocycles. The number of nitrogen functional groups attached to an aromatic ring is 1. The van der Waals surface area contributed by atoms with Crippen LogP contribution in [0.3, 0.4) is 0 Å². The lowest BCUT2D eigenvalue weighted by atomic mass is 10.2. The molecule has 0 aliphatic rings. The van der Waals surface area contributed by atoms with E-state index in [4.69, 9.17) is 17.3 Å². The summed E-state index contributed by atoms with van der Waals surface area (Å²) in [7, 11) is 0. The molecule has 0 radical (unpaired) electrons. The minimum absolute atomic E-state index is 0.251. The summed E-state index contributed by atoms with van der Waals surface area (Å²) in [6.07, 6.45) is 0. The quantitative estimate of drug-likeness (QED) is 0.841. The van der Waals surface area contributed by atoms with Crippen LogP contribution in [0.4, 0.5) is 21.5 Å². The van der Waals surface area contributed by atoms with Gasteiger partial charge in [-0.15, -0.1) is 0 Å². The van der Waals surface area contributed by atoms with Gasteiger partial charge in [0, 0.05) is 17.3 Å². The van der Waals surface area contributed by atoms with Crippen LogP contribution < -0.4 is 10.6 Å². The summed E-state index contributed by atoms with van der Waals surface area (Å²) >= 11 is 5.88. The molecule has 0 aliphatic heterocycles. The Morgan fingerprint density at radius 2 is 1.83 bits per heavy atom. The maximum atomic E-state index is 12.9. The Labute approximate surface area is 111 Å². The third-order valence-corrected chi connectivity index (χ3v) is 2.97. The summed E-state index contributed by atoms with van der Waals surface area (Å²) in [5, 5.41) is 0.603. The highest BCUT2D eigenvalue weighted by atomic mass is 35.5. The van der Waals surface area contributed by atoms with Crippen LogP contribution in [0.25, 0.3) is 0 Å². The molecule has 4 heteroatoms. The van der Waals surface area contributed by atoms with E-state index in [0.717, 1.165) is 17.9 Å². The van der Waals surface area contributed by atoms with Gasteiger partial charge in [0.1, 0.15) is 5.82 Å². The second kappa shape index (κ2) is 5.27. The predicted octanol–water partition coefficient (Wildman–Crippen LogP) is 4.22. The first kappa shape index (κ1) is 12.7. The van der Waals surface area contributed by atoms with Crippen molar-refractivity contribution >= 4 is 28.7 Å². The smallest absolute Gasteiger partial charge is 0.123 e. The topological polar surface area (TPSA) is 29.3 Å². The second-order valence-electron chi connectivity index (χ2n) is 3.92. The molecule has 0 unspecified atom stereocenters. The van der Waals surface area contributed by atoms with Crippen LogP contribution in [0.1, 0.15) is 6.92 Å². The van der Waals surface area contributed by atoms with Crippen LogP contribution >= 0.6 is 11.6 Å². The third-order valence-electron chi connectivity index (χ3n) is 2.73. The number of halogens is 2. The fourth-order valence-electron chi connectivity index (χ4n) is 1.88.